The summed E-state index contributed by atoms with van der Waals surface area (Å²) in [4.78, 5) is 24.1. The summed E-state index contributed by atoms with van der Waals surface area (Å²) >= 11 is 0. The van der Waals surface area contributed by atoms with E-state index >= 15 is 0 Å². The molecule has 2 rings (SSSR count). The van der Waals surface area contributed by atoms with Crippen molar-refractivity contribution in [3.63, 3.8) is 0 Å². The molecule has 1 aliphatic carbocycles. The molecule has 0 radical (unpaired) electrons. The summed E-state index contributed by atoms with van der Waals surface area (Å²) in [6.07, 6.45) is 1.73. The van der Waals surface area contributed by atoms with Crippen LogP contribution in [0.5, 0.6) is 0 Å². The van der Waals surface area contributed by atoms with Gasteiger partial charge in [-0.1, -0.05) is 0 Å². The Balaban J connectivity index is 1.89. The van der Waals surface area contributed by atoms with Gasteiger partial charge in [-0.25, -0.2) is 0 Å². The maximum absolute atomic E-state index is 12.1. The van der Waals surface area contributed by atoms with E-state index in [4.69, 9.17) is 4.74 Å². The molecule has 0 spiro atoms. The van der Waals surface area contributed by atoms with Gasteiger partial charge in [0, 0.05) is 18.7 Å². The topological polar surface area (TPSA) is 72.7 Å². The Morgan fingerprint density at radius 1 is 1.35 bits per heavy atom. The number of nitro benzene ring substituents is 1. The first-order valence-corrected chi connectivity index (χ1v) is 6.48. The first kappa shape index (κ1) is 14.5. The van der Waals surface area contributed by atoms with E-state index in [0.717, 1.165) is 18.4 Å². The molecule has 6 heteroatoms. The predicted octanol–water partition coefficient (Wildman–Crippen LogP) is 1.98. The normalized spacial score (nSPS) is 15.9. The Kier molecular flexibility index (Phi) is 4.04. The molecule has 0 bridgehead atoms. The summed E-state index contributed by atoms with van der Waals surface area (Å²) < 4.78 is 5.32. The van der Waals surface area contributed by atoms with Crippen LogP contribution in [0.4, 0.5) is 5.69 Å². The quantitative estimate of drug-likeness (QED) is 0.452. The van der Waals surface area contributed by atoms with Gasteiger partial charge in [0.2, 0.25) is 0 Å². The highest BCUT2D eigenvalue weighted by molar-refractivity contribution is 5.80. The van der Waals surface area contributed by atoms with Gasteiger partial charge in [0.15, 0.2) is 0 Å². The molecule has 1 saturated carbocycles. The molecule has 0 saturated heterocycles. The molecule has 1 aromatic rings. The van der Waals surface area contributed by atoms with Crippen molar-refractivity contribution in [1.82, 2.24) is 4.90 Å². The number of hydrogen-bond donors (Lipinski definition) is 0. The molecule has 0 amide bonds. The van der Waals surface area contributed by atoms with Crippen LogP contribution in [0.25, 0.3) is 0 Å². The van der Waals surface area contributed by atoms with Crippen molar-refractivity contribution in [2.45, 2.75) is 19.4 Å². The van der Waals surface area contributed by atoms with Gasteiger partial charge in [-0.3, -0.25) is 14.9 Å². The Labute approximate surface area is 117 Å². The first-order valence-electron chi connectivity index (χ1n) is 6.48. The number of benzene rings is 1. The summed E-state index contributed by atoms with van der Waals surface area (Å²) in [7, 11) is 3.87. The highest BCUT2D eigenvalue weighted by Gasteiger charge is 2.51. The van der Waals surface area contributed by atoms with Crippen molar-refractivity contribution in [2.75, 3.05) is 20.6 Å². The Bertz CT molecular complexity index is 506. The number of ether oxygens (including phenoxy) is 1. The van der Waals surface area contributed by atoms with Crippen LogP contribution in [0.3, 0.4) is 0 Å². The van der Waals surface area contributed by atoms with Crippen LogP contribution in [0.1, 0.15) is 18.4 Å². The number of hydrogen-bond acceptors (Lipinski definition) is 5. The van der Waals surface area contributed by atoms with Crippen molar-refractivity contribution in [2.24, 2.45) is 5.41 Å². The van der Waals surface area contributed by atoms with Crippen LogP contribution >= 0.6 is 0 Å². The third kappa shape index (κ3) is 3.33. The highest BCUT2D eigenvalue weighted by Crippen LogP contribution is 2.47. The van der Waals surface area contributed by atoms with Gasteiger partial charge >= 0.3 is 5.97 Å². The van der Waals surface area contributed by atoms with E-state index in [1.165, 1.54) is 12.1 Å². The number of rotatable bonds is 6. The summed E-state index contributed by atoms with van der Waals surface area (Å²) in [6, 6.07) is 6.04. The Hall–Kier alpha value is -1.95. The zero-order chi connectivity index (χ0) is 14.8. The number of carbonyl (C=O) groups excluding carboxylic acids is 1. The molecular weight excluding hydrogens is 260 g/mol. The van der Waals surface area contributed by atoms with Crippen LogP contribution in [-0.2, 0) is 16.1 Å². The summed E-state index contributed by atoms with van der Waals surface area (Å²) in [5.41, 5.74) is 0.445. The lowest BCUT2D eigenvalue weighted by Gasteiger charge is -2.18. The highest BCUT2D eigenvalue weighted by atomic mass is 16.6. The standard InChI is InChI=1S/C14H18N2O4/c1-15(2)10-14(7-8-14)13(17)20-9-11-3-5-12(6-4-11)16(18)19/h3-6H,7-10H2,1-2H3. The maximum Gasteiger partial charge on any atom is 0.313 e. The van der Waals surface area contributed by atoms with E-state index < -0.39 is 4.92 Å². The minimum Gasteiger partial charge on any atom is -0.460 e. The van der Waals surface area contributed by atoms with Crippen molar-refractivity contribution < 1.29 is 14.5 Å². The zero-order valence-electron chi connectivity index (χ0n) is 11.7. The number of nitro groups is 1. The van der Waals surface area contributed by atoms with Gasteiger partial charge in [0.05, 0.1) is 10.3 Å². The molecule has 0 atom stereocenters. The second-order valence-electron chi connectivity index (χ2n) is 5.52. The molecule has 20 heavy (non-hydrogen) atoms. The number of non-ortho nitro benzene ring substituents is 1. The molecule has 6 nitrogen and oxygen atoms in total. The van der Waals surface area contributed by atoms with E-state index in [1.54, 1.807) is 12.1 Å². The molecular formula is C14H18N2O4. The maximum atomic E-state index is 12.1. The van der Waals surface area contributed by atoms with Crippen molar-refractivity contribution in [1.29, 1.82) is 0 Å². The Morgan fingerprint density at radius 2 is 1.95 bits per heavy atom. The molecule has 0 unspecified atom stereocenters. The second kappa shape index (κ2) is 5.58. The predicted molar refractivity (Wildman–Crippen MR) is 73.1 cm³/mol. The van der Waals surface area contributed by atoms with Crippen LogP contribution in [0.2, 0.25) is 0 Å². The number of carbonyl (C=O) groups is 1. The molecule has 1 aromatic carbocycles. The smallest absolute Gasteiger partial charge is 0.313 e. The van der Waals surface area contributed by atoms with E-state index in [1.807, 2.05) is 19.0 Å². The van der Waals surface area contributed by atoms with Gasteiger partial charge < -0.3 is 9.64 Å². The van der Waals surface area contributed by atoms with E-state index in [2.05, 4.69) is 0 Å². The molecule has 108 valence electrons. The SMILES string of the molecule is CN(C)CC1(C(=O)OCc2ccc([N+](=O)[O-])cc2)CC1. The van der Waals surface area contributed by atoms with Crippen LogP contribution < -0.4 is 0 Å². The van der Waals surface area contributed by atoms with Crippen LogP contribution in [0, 0.1) is 15.5 Å². The minimum absolute atomic E-state index is 0.0337. The first-order chi connectivity index (χ1) is 9.43. The van der Waals surface area contributed by atoms with Gasteiger partial charge in [0.25, 0.3) is 5.69 Å². The van der Waals surface area contributed by atoms with E-state index in [-0.39, 0.29) is 23.7 Å². The zero-order valence-corrected chi connectivity index (χ0v) is 11.7. The Morgan fingerprint density at radius 3 is 2.40 bits per heavy atom. The third-order valence-corrected chi connectivity index (χ3v) is 3.42. The van der Waals surface area contributed by atoms with E-state index in [0.29, 0.717) is 6.54 Å². The molecule has 1 fully saturated rings. The van der Waals surface area contributed by atoms with Gasteiger partial charge in [-0.05, 0) is 44.6 Å². The molecule has 0 aliphatic heterocycles. The summed E-state index contributed by atoms with van der Waals surface area (Å²) in [5, 5.41) is 10.5. The average Bonchev–Trinajstić information content (AvgIpc) is 3.16. The van der Waals surface area contributed by atoms with Gasteiger partial charge in [-0.15, -0.1) is 0 Å². The fraction of sp³-hybridized carbons (Fsp3) is 0.500. The summed E-state index contributed by atoms with van der Waals surface area (Å²) in [5.74, 6) is -0.176. The summed E-state index contributed by atoms with van der Waals surface area (Å²) in [6.45, 7) is 0.859. The lowest BCUT2D eigenvalue weighted by Crippen LogP contribution is -2.30. The lowest BCUT2D eigenvalue weighted by molar-refractivity contribution is -0.384. The fourth-order valence-corrected chi connectivity index (χ4v) is 2.20. The lowest BCUT2D eigenvalue weighted by atomic mass is 10.1. The van der Waals surface area contributed by atoms with Gasteiger partial charge in [-0.2, -0.15) is 0 Å². The van der Waals surface area contributed by atoms with Crippen molar-refractivity contribution >= 4 is 11.7 Å². The van der Waals surface area contributed by atoms with Gasteiger partial charge in [0.1, 0.15) is 6.61 Å². The fourth-order valence-electron chi connectivity index (χ4n) is 2.20. The third-order valence-electron chi connectivity index (χ3n) is 3.42. The van der Waals surface area contributed by atoms with Crippen LogP contribution in [-0.4, -0.2) is 36.4 Å². The largest absolute Gasteiger partial charge is 0.460 e. The second-order valence-corrected chi connectivity index (χ2v) is 5.52. The van der Waals surface area contributed by atoms with E-state index in [9.17, 15) is 14.9 Å². The molecule has 0 N–H and O–H groups in total. The number of nitrogens with zero attached hydrogens (tertiary/aromatic N) is 2. The average molecular weight is 278 g/mol. The monoisotopic (exact) mass is 278 g/mol. The molecule has 1 aliphatic rings. The molecule has 0 aromatic heterocycles. The van der Waals surface area contributed by atoms with Crippen molar-refractivity contribution in [3.8, 4) is 0 Å². The molecule has 0 heterocycles. The minimum atomic E-state index is -0.452. The van der Waals surface area contributed by atoms with Crippen molar-refractivity contribution in [3.05, 3.63) is 39.9 Å². The van der Waals surface area contributed by atoms with Crippen LogP contribution in [0.15, 0.2) is 24.3 Å². The number of esters is 1.